The van der Waals surface area contributed by atoms with E-state index in [1.54, 1.807) is 13.2 Å². The number of rotatable bonds is 3. The van der Waals surface area contributed by atoms with Gasteiger partial charge in [0.05, 0.1) is 6.61 Å². The van der Waals surface area contributed by atoms with E-state index in [0.29, 0.717) is 6.54 Å². The van der Waals surface area contributed by atoms with Crippen LogP contribution in [0.5, 0.6) is 5.75 Å². The lowest BCUT2D eigenvalue weighted by atomic mass is 10.0. The molecule has 4 rings (SSSR count). The van der Waals surface area contributed by atoms with Crippen molar-refractivity contribution in [2.45, 2.75) is 38.6 Å². The van der Waals surface area contributed by atoms with E-state index in [9.17, 15) is 4.79 Å². The summed E-state index contributed by atoms with van der Waals surface area (Å²) in [7, 11) is 1.61. The van der Waals surface area contributed by atoms with Crippen molar-refractivity contribution in [2.75, 3.05) is 31.6 Å². The van der Waals surface area contributed by atoms with Crippen LogP contribution in [0.15, 0.2) is 36.5 Å². The molecule has 1 aromatic heterocycles. The number of fused-ring (bicyclic) bond motifs is 1. The number of urea groups is 1. The molecule has 0 atom stereocenters. The second-order valence-electron chi connectivity index (χ2n) is 6.96. The van der Waals surface area contributed by atoms with Crippen LogP contribution >= 0.6 is 0 Å². The molecule has 1 aromatic carbocycles. The standard InChI is InChI=1S/C12H16N2O2.C9H13N3.H2/c1-13-12(15)14-8-9-4-5-11-10(7-9)3-2-6-16-11;1-2-7-12(8-3-1)9-5-4-6-10-11-9;/h4-5,7H,2-3,6,8H2,1H3,(H2,13,14,15);4-6H,1-3,7-8H2;1H. The van der Waals surface area contributed by atoms with Gasteiger partial charge in [-0.3, -0.25) is 0 Å². The van der Waals surface area contributed by atoms with Gasteiger partial charge >= 0.3 is 6.03 Å². The van der Waals surface area contributed by atoms with Crippen molar-refractivity contribution in [2.24, 2.45) is 0 Å². The minimum atomic E-state index is -0.158. The fourth-order valence-corrected chi connectivity index (χ4v) is 3.38. The molecule has 7 nitrogen and oxygen atoms in total. The predicted molar refractivity (Wildman–Crippen MR) is 112 cm³/mol. The summed E-state index contributed by atoms with van der Waals surface area (Å²) in [6.45, 7) is 3.63. The van der Waals surface area contributed by atoms with Gasteiger partial charge in [0.15, 0.2) is 5.82 Å². The third kappa shape index (κ3) is 5.84. The van der Waals surface area contributed by atoms with E-state index in [4.69, 9.17) is 4.74 Å². The van der Waals surface area contributed by atoms with Gasteiger partial charge in [-0.25, -0.2) is 4.79 Å². The van der Waals surface area contributed by atoms with Crippen LogP contribution in [0.4, 0.5) is 10.6 Å². The van der Waals surface area contributed by atoms with Gasteiger partial charge in [-0.2, -0.15) is 5.10 Å². The lowest BCUT2D eigenvalue weighted by Gasteiger charge is -2.26. The molecule has 3 heterocycles. The summed E-state index contributed by atoms with van der Waals surface area (Å²) in [4.78, 5) is 13.3. The zero-order chi connectivity index (χ0) is 19.6. The topological polar surface area (TPSA) is 79.4 Å². The van der Waals surface area contributed by atoms with Crippen LogP contribution in [-0.4, -0.2) is 43.0 Å². The SMILES string of the molecule is CNC(=O)NCc1ccc2c(c1)CCCO2.[HH].c1cnnc(N2CCCCC2)c1. The predicted octanol–water partition coefficient (Wildman–Crippen LogP) is 3.15. The lowest BCUT2D eigenvalue weighted by Crippen LogP contribution is -2.32. The Kier molecular flexibility index (Phi) is 7.46. The number of benzene rings is 1. The second kappa shape index (κ2) is 10.5. The number of amides is 2. The number of ether oxygens (including phenoxy) is 1. The highest BCUT2D eigenvalue weighted by molar-refractivity contribution is 5.73. The molecule has 1 fully saturated rings. The quantitative estimate of drug-likeness (QED) is 0.848. The third-order valence-corrected chi connectivity index (χ3v) is 4.89. The molecule has 28 heavy (non-hydrogen) atoms. The van der Waals surface area contributed by atoms with E-state index in [0.717, 1.165) is 49.7 Å². The molecule has 2 amide bonds. The van der Waals surface area contributed by atoms with E-state index in [1.807, 2.05) is 24.3 Å². The van der Waals surface area contributed by atoms with Crippen molar-refractivity contribution < 1.29 is 11.0 Å². The summed E-state index contributed by atoms with van der Waals surface area (Å²) in [6, 6.07) is 9.88. The first-order valence-electron chi connectivity index (χ1n) is 9.99. The van der Waals surface area contributed by atoms with Gasteiger partial charge in [0.1, 0.15) is 5.75 Å². The van der Waals surface area contributed by atoms with Crippen LogP contribution in [0.3, 0.4) is 0 Å². The summed E-state index contributed by atoms with van der Waals surface area (Å²) >= 11 is 0. The number of hydrogen-bond acceptors (Lipinski definition) is 5. The van der Waals surface area contributed by atoms with Gasteiger partial charge in [-0.1, -0.05) is 12.1 Å². The molecular weight excluding hydrogens is 354 g/mol. The average molecular weight is 386 g/mol. The smallest absolute Gasteiger partial charge is 0.314 e. The highest BCUT2D eigenvalue weighted by Crippen LogP contribution is 2.25. The highest BCUT2D eigenvalue weighted by Gasteiger charge is 2.11. The molecule has 1 saturated heterocycles. The molecule has 152 valence electrons. The first-order chi connectivity index (χ1) is 13.8. The number of aryl methyl sites for hydroxylation is 1. The summed E-state index contributed by atoms with van der Waals surface area (Å²) < 4.78 is 5.53. The Morgan fingerprint density at radius 1 is 1.21 bits per heavy atom. The Bertz CT molecular complexity index is 754. The van der Waals surface area contributed by atoms with E-state index in [2.05, 4.69) is 31.8 Å². The fraction of sp³-hybridized carbons (Fsp3) is 0.476. The van der Waals surface area contributed by atoms with Crippen LogP contribution in [-0.2, 0) is 13.0 Å². The Balaban J connectivity index is 0.000000207. The van der Waals surface area contributed by atoms with Crippen molar-refractivity contribution in [1.29, 1.82) is 0 Å². The second-order valence-corrected chi connectivity index (χ2v) is 6.96. The number of anilines is 1. The average Bonchev–Trinajstić information content (AvgIpc) is 2.79. The van der Waals surface area contributed by atoms with Crippen molar-refractivity contribution in [1.82, 2.24) is 20.8 Å². The number of piperidine rings is 1. The molecule has 0 bridgehead atoms. The summed E-state index contributed by atoms with van der Waals surface area (Å²) in [6.07, 6.45) is 7.78. The maximum Gasteiger partial charge on any atom is 0.314 e. The molecule has 7 heteroatoms. The first kappa shape index (κ1) is 19.9. The Labute approximate surface area is 168 Å². The van der Waals surface area contributed by atoms with Crippen LogP contribution < -0.4 is 20.3 Å². The van der Waals surface area contributed by atoms with Gasteiger partial charge < -0.3 is 20.3 Å². The minimum Gasteiger partial charge on any atom is -0.493 e. The molecular formula is C21H31N5O2. The fourth-order valence-electron chi connectivity index (χ4n) is 3.38. The number of aromatic nitrogens is 2. The number of nitrogens with one attached hydrogen (secondary N) is 2. The molecule has 2 aliphatic heterocycles. The number of hydrogen-bond donors (Lipinski definition) is 2. The van der Waals surface area contributed by atoms with E-state index in [-0.39, 0.29) is 7.46 Å². The Hall–Kier alpha value is -2.83. The van der Waals surface area contributed by atoms with Gasteiger partial charge in [-0.05, 0) is 61.4 Å². The summed E-state index contributed by atoms with van der Waals surface area (Å²) in [5, 5.41) is 13.2. The lowest BCUT2D eigenvalue weighted by molar-refractivity contribution is 0.242. The third-order valence-electron chi connectivity index (χ3n) is 4.89. The maximum atomic E-state index is 11.0. The normalized spacial score (nSPS) is 15.4. The molecule has 2 N–H and O–H groups in total. The largest absolute Gasteiger partial charge is 0.493 e. The number of nitrogens with zero attached hydrogens (tertiary/aromatic N) is 3. The Morgan fingerprint density at radius 3 is 2.82 bits per heavy atom. The van der Waals surface area contributed by atoms with Crippen LogP contribution in [0.25, 0.3) is 0 Å². The van der Waals surface area contributed by atoms with Crippen LogP contribution in [0, 0.1) is 0 Å². The maximum absolute atomic E-state index is 11.0. The molecule has 0 radical (unpaired) electrons. The van der Waals surface area contributed by atoms with Crippen molar-refractivity contribution in [3.63, 3.8) is 0 Å². The number of carbonyl (C=O) groups excluding carboxylic acids is 1. The van der Waals surface area contributed by atoms with E-state index in [1.165, 1.54) is 24.8 Å². The summed E-state index contributed by atoms with van der Waals surface area (Å²) in [5.41, 5.74) is 2.34. The van der Waals surface area contributed by atoms with Gasteiger partial charge in [0.25, 0.3) is 0 Å². The van der Waals surface area contributed by atoms with Crippen LogP contribution in [0.2, 0.25) is 0 Å². The molecule has 0 saturated carbocycles. The zero-order valence-electron chi connectivity index (χ0n) is 16.5. The highest BCUT2D eigenvalue weighted by atomic mass is 16.5. The zero-order valence-corrected chi connectivity index (χ0v) is 16.5. The molecule has 0 aliphatic carbocycles. The Morgan fingerprint density at radius 2 is 2.07 bits per heavy atom. The molecule has 2 aliphatic rings. The van der Waals surface area contributed by atoms with E-state index >= 15 is 0 Å². The van der Waals surface area contributed by atoms with Crippen molar-refractivity contribution in [3.05, 3.63) is 47.7 Å². The number of carbonyl (C=O) groups is 1. The van der Waals surface area contributed by atoms with Gasteiger partial charge in [0.2, 0.25) is 0 Å². The minimum absolute atomic E-state index is 0. The van der Waals surface area contributed by atoms with Crippen molar-refractivity contribution >= 4 is 11.8 Å². The van der Waals surface area contributed by atoms with E-state index < -0.39 is 0 Å². The van der Waals surface area contributed by atoms with Gasteiger partial charge in [-0.15, -0.1) is 5.10 Å². The molecule has 0 unspecified atom stereocenters. The monoisotopic (exact) mass is 385 g/mol. The van der Waals surface area contributed by atoms with Crippen LogP contribution in [0.1, 0.15) is 38.2 Å². The molecule has 0 spiro atoms. The summed E-state index contributed by atoms with van der Waals surface area (Å²) in [5.74, 6) is 2.01. The van der Waals surface area contributed by atoms with Crippen molar-refractivity contribution in [3.8, 4) is 5.75 Å². The van der Waals surface area contributed by atoms with Gasteiger partial charge in [0, 0.05) is 34.3 Å². The molecule has 2 aromatic rings. The first-order valence-corrected chi connectivity index (χ1v) is 9.99.